The Morgan fingerprint density at radius 3 is 2.11 bits per heavy atom. The van der Waals surface area contributed by atoms with Crippen LogP contribution in [0, 0.1) is 0 Å². The van der Waals surface area contributed by atoms with Crippen molar-refractivity contribution in [2.75, 3.05) is 0 Å². The second-order valence-corrected chi connectivity index (χ2v) is 10.0. The lowest BCUT2D eigenvalue weighted by atomic mass is 10.0. The molecule has 0 amide bonds. The highest BCUT2D eigenvalue weighted by molar-refractivity contribution is 7.99. The largest absolute Gasteiger partial charge is 0.416 e. The Balaban J connectivity index is 1.68. The van der Waals surface area contributed by atoms with Gasteiger partial charge in [0.2, 0.25) is 0 Å². The summed E-state index contributed by atoms with van der Waals surface area (Å²) in [7, 11) is 0. The van der Waals surface area contributed by atoms with E-state index in [1.54, 1.807) is 47.0 Å². The Morgan fingerprint density at radius 1 is 0.730 bits per heavy atom. The van der Waals surface area contributed by atoms with E-state index in [-0.39, 0.29) is 10.9 Å². The molecule has 0 unspecified atom stereocenters. The zero-order valence-electron chi connectivity index (χ0n) is 19.0. The van der Waals surface area contributed by atoms with Crippen LogP contribution in [0.25, 0.3) is 17.1 Å². The van der Waals surface area contributed by atoms with Gasteiger partial charge in [0.05, 0.1) is 21.5 Å². The number of nitrogens with zero attached hydrogens (tertiary/aromatic N) is 3. The van der Waals surface area contributed by atoms with E-state index in [2.05, 4.69) is 10.2 Å². The van der Waals surface area contributed by atoms with Crippen LogP contribution < -0.4 is 0 Å². The molecule has 3 nitrogen and oxygen atoms in total. The number of halogens is 5. The number of hydrogen-bond acceptors (Lipinski definition) is 3. The van der Waals surface area contributed by atoms with Gasteiger partial charge in [-0.2, -0.15) is 13.2 Å². The van der Waals surface area contributed by atoms with E-state index in [0.717, 1.165) is 23.3 Å². The lowest BCUT2D eigenvalue weighted by Crippen LogP contribution is -2.08. The monoisotopic (exact) mass is 555 g/mol. The summed E-state index contributed by atoms with van der Waals surface area (Å²) in [6, 6.07) is 29.4. The van der Waals surface area contributed by atoms with E-state index in [1.165, 1.54) is 17.8 Å². The van der Waals surface area contributed by atoms with Crippen LogP contribution in [0.1, 0.15) is 21.9 Å². The quantitative estimate of drug-likeness (QED) is 0.196. The van der Waals surface area contributed by atoms with Gasteiger partial charge in [-0.15, -0.1) is 10.2 Å². The van der Waals surface area contributed by atoms with Crippen LogP contribution in [0.15, 0.2) is 108 Å². The molecule has 0 radical (unpaired) electrons. The maximum atomic E-state index is 13.6. The first kappa shape index (κ1) is 25.4. The summed E-state index contributed by atoms with van der Waals surface area (Å²) in [5, 5.41) is 10.00. The van der Waals surface area contributed by atoms with E-state index >= 15 is 0 Å². The van der Waals surface area contributed by atoms with Crippen LogP contribution in [0.2, 0.25) is 10.0 Å². The van der Waals surface area contributed by atoms with Gasteiger partial charge < -0.3 is 0 Å². The lowest BCUT2D eigenvalue weighted by Gasteiger charge is -2.19. The molecule has 0 saturated carbocycles. The molecule has 1 aromatic heterocycles. The molecule has 9 heteroatoms. The Kier molecular flexibility index (Phi) is 7.29. The standard InChI is InChI=1S/C28H18Cl2F3N3S/c29-21-15-13-19(14-16-21)25(18-7-2-1-3-8-18)37-27-35-34-26(23-11-4-5-12-24(23)30)36(27)22-10-6-9-20(17-22)28(31,32)33/h1-17,25H/t25-/m0/s1. The van der Waals surface area contributed by atoms with Crippen molar-refractivity contribution in [1.82, 2.24) is 14.8 Å². The van der Waals surface area contributed by atoms with Gasteiger partial charge in [0.15, 0.2) is 11.0 Å². The van der Waals surface area contributed by atoms with Crippen molar-refractivity contribution in [1.29, 1.82) is 0 Å². The van der Waals surface area contributed by atoms with Crippen molar-refractivity contribution in [2.24, 2.45) is 0 Å². The highest BCUT2D eigenvalue weighted by Gasteiger charge is 2.31. The van der Waals surface area contributed by atoms with Gasteiger partial charge in [-0.1, -0.05) is 95.6 Å². The maximum Gasteiger partial charge on any atom is 0.416 e. The molecule has 1 atom stereocenters. The van der Waals surface area contributed by atoms with Crippen molar-refractivity contribution >= 4 is 35.0 Å². The number of alkyl halides is 3. The first-order valence-electron chi connectivity index (χ1n) is 11.2. The third kappa shape index (κ3) is 5.54. The molecule has 0 aliphatic rings. The van der Waals surface area contributed by atoms with Crippen LogP contribution in [0.3, 0.4) is 0 Å². The van der Waals surface area contributed by atoms with Gasteiger partial charge in [-0.05, 0) is 53.6 Å². The van der Waals surface area contributed by atoms with Gasteiger partial charge >= 0.3 is 6.18 Å². The van der Waals surface area contributed by atoms with Crippen LogP contribution in [-0.2, 0) is 6.18 Å². The number of aromatic nitrogens is 3. The van der Waals surface area contributed by atoms with Gasteiger partial charge in [0.25, 0.3) is 0 Å². The molecule has 0 bridgehead atoms. The second kappa shape index (κ2) is 10.6. The van der Waals surface area contributed by atoms with E-state index in [4.69, 9.17) is 23.2 Å². The van der Waals surface area contributed by atoms with Gasteiger partial charge in [0.1, 0.15) is 0 Å². The Bertz CT molecular complexity index is 1520. The van der Waals surface area contributed by atoms with E-state index in [0.29, 0.717) is 26.6 Å². The van der Waals surface area contributed by atoms with Crippen molar-refractivity contribution in [2.45, 2.75) is 16.6 Å². The highest BCUT2D eigenvalue weighted by Crippen LogP contribution is 2.43. The second-order valence-electron chi connectivity index (χ2n) is 8.13. The summed E-state index contributed by atoms with van der Waals surface area (Å²) in [5.74, 6) is 0.343. The first-order valence-corrected chi connectivity index (χ1v) is 12.8. The molecule has 4 aromatic carbocycles. The van der Waals surface area contributed by atoms with Crippen molar-refractivity contribution in [3.05, 3.63) is 130 Å². The summed E-state index contributed by atoms with van der Waals surface area (Å²) >= 11 is 14.0. The number of thioether (sulfide) groups is 1. The molecule has 5 aromatic rings. The third-order valence-electron chi connectivity index (χ3n) is 5.68. The molecule has 5 rings (SSSR count). The Labute approximate surface area is 225 Å². The van der Waals surface area contributed by atoms with Gasteiger partial charge in [0, 0.05) is 10.6 Å². The molecule has 0 N–H and O–H groups in total. The average Bonchev–Trinajstić information content (AvgIpc) is 3.31. The summed E-state index contributed by atoms with van der Waals surface area (Å²) in [6.07, 6.45) is -4.50. The molecule has 1 heterocycles. The van der Waals surface area contributed by atoms with Crippen LogP contribution in [-0.4, -0.2) is 14.8 Å². The zero-order chi connectivity index (χ0) is 26.0. The minimum absolute atomic E-state index is 0.230. The maximum absolute atomic E-state index is 13.6. The van der Waals surface area contributed by atoms with Gasteiger partial charge in [-0.3, -0.25) is 4.57 Å². The third-order valence-corrected chi connectivity index (χ3v) is 7.51. The summed E-state index contributed by atoms with van der Waals surface area (Å²) in [6.45, 7) is 0. The minimum Gasteiger partial charge on any atom is -0.270 e. The van der Waals surface area contributed by atoms with E-state index in [1.807, 2.05) is 42.5 Å². The fraction of sp³-hybridized carbons (Fsp3) is 0.0714. The molecular weight excluding hydrogens is 538 g/mol. The number of rotatable bonds is 6. The average molecular weight is 556 g/mol. The van der Waals surface area contributed by atoms with Crippen LogP contribution in [0.5, 0.6) is 0 Å². The van der Waals surface area contributed by atoms with E-state index in [9.17, 15) is 13.2 Å². The van der Waals surface area contributed by atoms with Crippen molar-refractivity contribution in [3.8, 4) is 17.1 Å². The summed E-state index contributed by atoms with van der Waals surface area (Å²) < 4.78 is 42.4. The smallest absolute Gasteiger partial charge is 0.270 e. The number of benzene rings is 4. The number of hydrogen-bond donors (Lipinski definition) is 0. The fourth-order valence-corrected chi connectivity index (χ4v) is 5.45. The fourth-order valence-electron chi connectivity index (χ4n) is 3.92. The normalized spacial score (nSPS) is 12.5. The molecule has 0 saturated heterocycles. The molecule has 186 valence electrons. The lowest BCUT2D eigenvalue weighted by molar-refractivity contribution is -0.137. The summed E-state index contributed by atoms with van der Waals surface area (Å²) in [4.78, 5) is 0. The van der Waals surface area contributed by atoms with Crippen LogP contribution in [0.4, 0.5) is 13.2 Å². The molecular formula is C28H18Cl2F3N3S. The Hall–Kier alpha value is -3.26. The predicted molar refractivity (Wildman–Crippen MR) is 142 cm³/mol. The minimum atomic E-state index is -4.50. The highest BCUT2D eigenvalue weighted by atomic mass is 35.5. The molecule has 0 fully saturated rings. The molecule has 0 spiro atoms. The molecule has 37 heavy (non-hydrogen) atoms. The van der Waals surface area contributed by atoms with Crippen molar-refractivity contribution in [3.63, 3.8) is 0 Å². The zero-order valence-corrected chi connectivity index (χ0v) is 21.4. The van der Waals surface area contributed by atoms with Crippen molar-refractivity contribution < 1.29 is 13.2 Å². The topological polar surface area (TPSA) is 30.7 Å². The van der Waals surface area contributed by atoms with E-state index < -0.39 is 11.7 Å². The predicted octanol–water partition coefficient (Wildman–Crippen LogP) is 9.14. The first-order chi connectivity index (χ1) is 17.8. The Morgan fingerprint density at radius 2 is 1.41 bits per heavy atom. The summed E-state index contributed by atoms with van der Waals surface area (Å²) in [5.41, 5.74) is 2.02. The van der Waals surface area contributed by atoms with Crippen LogP contribution >= 0.6 is 35.0 Å². The molecule has 0 aliphatic heterocycles. The SMILES string of the molecule is FC(F)(F)c1cccc(-n2c(S[C@@H](c3ccccc3)c3ccc(Cl)cc3)nnc2-c2ccccc2Cl)c1. The molecule has 0 aliphatic carbocycles. The van der Waals surface area contributed by atoms with Gasteiger partial charge in [-0.25, -0.2) is 0 Å².